The molecule has 0 saturated heterocycles. The van der Waals surface area contributed by atoms with Crippen LogP contribution in [0.25, 0.3) is 0 Å². The molecule has 2 aromatic carbocycles. The molecule has 1 amide bonds. The Hall–Kier alpha value is -3.19. The van der Waals surface area contributed by atoms with Crippen molar-refractivity contribution >= 4 is 57.0 Å². The van der Waals surface area contributed by atoms with Crippen LogP contribution in [0.2, 0.25) is 10.0 Å². The third kappa shape index (κ3) is 9.28. The van der Waals surface area contributed by atoms with Crippen molar-refractivity contribution in [3.05, 3.63) is 63.6 Å². The number of carbonyl (C=O) groups is 4. The number of hydrogen-bond donors (Lipinski definition) is 3. The Balaban J connectivity index is 2.09. The smallest absolute Gasteiger partial charge is 0.408 e. The molecule has 11 nitrogen and oxygen atoms in total. The molecule has 0 radical (unpaired) electrons. The molecule has 206 valence electrons. The standard InChI is InChI=1S/C24H26Cl2N2O9S/c1-2-3-11-27-38(34,35)19-10-9-16(25)21(22(19)26)23(32)36-14-18(29)17(12-20(30)31)28-24(33)37-13-15-7-5-4-6-8-15/h4-10,17,27H,2-3,11-14H2,1H3,(H,28,33)(H,30,31). The van der Waals surface area contributed by atoms with Gasteiger partial charge in [-0.25, -0.2) is 22.7 Å². The summed E-state index contributed by atoms with van der Waals surface area (Å²) in [6.45, 7) is 0.939. The zero-order valence-electron chi connectivity index (χ0n) is 20.2. The molecule has 14 heteroatoms. The first kappa shape index (κ1) is 31.0. The van der Waals surface area contributed by atoms with Crippen molar-refractivity contribution in [1.82, 2.24) is 10.0 Å². The monoisotopic (exact) mass is 588 g/mol. The number of carboxylic acid groups (broad SMARTS) is 1. The van der Waals surface area contributed by atoms with Crippen LogP contribution in [-0.2, 0) is 35.7 Å². The second kappa shape index (κ2) is 14.7. The molecule has 0 bridgehead atoms. The summed E-state index contributed by atoms with van der Waals surface area (Å²) in [5.74, 6) is -3.59. The number of alkyl carbamates (subject to hydrolysis) is 1. The summed E-state index contributed by atoms with van der Waals surface area (Å²) in [6, 6.07) is 9.31. The number of esters is 1. The van der Waals surface area contributed by atoms with Crippen LogP contribution in [0.15, 0.2) is 47.4 Å². The average Bonchev–Trinajstić information content (AvgIpc) is 2.86. The lowest BCUT2D eigenvalue weighted by Gasteiger charge is -2.16. The van der Waals surface area contributed by atoms with Gasteiger partial charge in [-0.2, -0.15) is 0 Å². The number of halogens is 2. The first-order valence-corrected chi connectivity index (χ1v) is 13.6. The fourth-order valence-corrected chi connectivity index (χ4v) is 5.01. The molecule has 1 unspecified atom stereocenters. The highest BCUT2D eigenvalue weighted by atomic mass is 35.5. The quantitative estimate of drug-likeness (QED) is 0.221. The molecule has 38 heavy (non-hydrogen) atoms. The van der Waals surface area contributed by atoms with Crippen LogP contribution in [0.5, 0.6) is 0 Å². The third-order valence-electron chi connectivity index (χ3n) is 4.99. The molecule has 0 aliphatic carbocycles. The van der Waals surface area contributed by atoms with E-state index in [9.17, 15) is 27.6 Å². The summed E-state index contributed by atoms with van der Waals surface area (Å²) in [4.78, 5) is 48.1. The fraction of sp³-hybridized carbons (Fsp3) is 0.333. The van der Waals surface area contributed by atoms with Gasteiger partial charge in [0.05, 0.1) is 22.0 Å². The molecule has 0 aliphatic heterocycles. The van der Waals surface area contributed by atoms with E-state index < -0.39 is 68.4 Å². The Bertz CT molecular complexity index is 1270. The van der Waals surface area contributed by atoms with E-state index in [1.807, 2.05) is 6.92 Å². The first-order chi connectivity index (χ1) is 18.0. The molecule has 0 aliphatic rings. The van der Waals surface area contributed by atoms with Gasteiger partial charge in [-0.1, -0.05) is 66.9 Å². The van der Waals surface area contributed by atoms with E-state index in [2.05, 4.69) is 10.0 Å². The number of benzene rings is 2. The van der Waals surface area contributed by atoms with Crippen LogP contribution in [0, 0.1) is 0 Å². The highest BCUT2D eigenvalue weighted by molar-refractivity contribution is 7.89. The van der Waals surface area contributed by atoms with E-state index in [1.165, 1.54) is 0 Å². The van der Waals surface area contributed by atoms with Gasteiger partial charge in [0.15, 0.2) is 12.4 Å². The molecule has 1 atom stereocenters. The lowest BCUT2D eigenvalue weighted by molar-refractivity contribution is -0.139. The van der Waals surface area contributed by atoms with E-state index >= 15 is 0 Å². The summed E-state index contributed by atoms with van der Waals surface area (Å²) >= 11 is 12.2. The number of carbonyl (C=O) groups excluding carboxylic acids is 3. The Morgan fingerprint density at radius 1 is 1.03 bits per heavy atom. The number of ketones is 1. The van der Waals surface area contributed by atoms with Gasteiger partial charge < -0.3 is 19.9 Å². The number of amides is 1. The largest absolute Gasteiger partial charge is 0.481 e. The molecular formula is C24H26Cl2N2O9S. The number of carboxylic acids is 1. The maximum atomic E-state index is 12.7. The van der Waals surface area contributed by atoms with E-state index in [0.29, 0.717) is 12.0 Å². The number of sulfonamides is 1. The summed E-state index contributed by atoms with van der Waals surface area (Å²) in [6.07, 6.45) is -0.549. The number of aliphatic carboxylic acids is 1. The predicted molar refractivity (Wildman–Crippen MR) is 138 cm³/mol. The molecule has 0 saturated carbocycles. The lowest BCUT2D eigenvalue weighted by atomic mass is 10.1. The van der Waals surface area contributed by atoms with Crippen molar-refractivity contribution in [2.45, 2.75) is 43.7 Å². The minimum atomic E-state index is -4.08. The van der Waals surface area contributed by atoms with Crippen LogP contribution >= 0.6 is 23.2 Å². The SMILES string of the molecule is CCCCNS(=O)(=O)c1ccc(Cl)c(C(=O)OCC(=O)C(CC(=O)O)NC(=O)OCc2ccccc2)c1Cl. The number of hydrogen-bond acceptors (Lipinski definition) is 8. The minimum absolute atomic E-state index is 0.126. The molecule has 0 heterocycles. The molecule has 0 aromatic heterocycles. The Morgan fingerprint density at radius 2 is 1.71 bits per heavy atom. The predicted octanol–water partition coefficient (Wildman–Crippen LogP) is 3.57. The van der Waals surface area contributed by atoms with Crippen molar-refractivity contribution in [2.75, 3.05) is 13.2 Å². The van der Waals surface area contributed by atoms with Crippen LogP contribution in [0.4, 0.5) is 4.79 Å². The Kier molecular flexibility index (Phi) is 12.0. The van der Waals surface area contributed by atoms with Gasteiger partial charge >= 0.3 is 18.0 Å². The number of ether oxygens (including phenoxy) is 2. The zero-order valence-corrected chi connectivity index (χ0v) is 22.6. The highest BCUT2D eigenvalue weighted by Crippen LogP contribution is 2.31. The summed E-state index contributed by atoms with van der Waals surface area (Å²) in [7, 11) is -4.08. The second-order valence-corrected chi connectivity index (χ2v) is 10.4. The Morgan fingerprint density at radius 3 is 2.34 bits per heavy atom. The van der Waals surface area contributed by atoms with Crippen molar-refractivity contribution in [3.63, 3.8) is 0 Å². The van der Waals surface area contributed by atoms with Gasteiger partial charge in [0, 0.05) is 6.54 Å². The van der Waals surface area contributed by atoms with Gasteiger partial charge in [0.25, 0.3) is 0 Å². The van der Waals surface area contributed by atoms with Crippen molar-refractivity contribution in [2.24, 2.45) is 0 Å². The number of Topliss-reactive ketones (excluding diaryl/α,β-unsaturated/α-hetero) is 1. The minimum Gasteiger partial charge on any atom is -0.481 e. The lowest BCUT2D eigenvalue weighted by Crippen LogP contribution is -2.44. The number of rotatable bonds is 14. The molecule has 0 fully saturated rings. The van der Waals surface area contributed by atoms with Crippen LogP contribution in [-0.4, -0.2) is 56.5 Å². The van der Waals surface area contributed by atoms with Crippen molar-refractivity contribution in [1.29, 1.82) is 0 Å². The van der Waals surface area contributed by atoms with Crippen LogP contribution in [0.3, 0.4) is 0 Å². The molecule has 0 spiro atoms. The first-order valence-electron chi connectivity index (χ1n) is 11.3. The normalized spacial score (nSPS) is 11.9. The number of nitrogens with one attached hydrogen (secondary N) is 2. The molecular weight excluding hydrogens is 563 g/mol. The van der Waals surface area contributed by atoms with E-state index in [1.54, 1.807) is 30.3 Å². The maximum Gasteiger partial charge on any atom is 0.408 e. The zero-order chi connectivity index (χ0) is 28.3. The summed E-state index contributed by atoms with van der Waals surface area (Å²) in [5.41, 5.74) is 0.167. The Labute approximate surface area is 229 Å². The third-order valence-corrected chi connectivity index (χ3v) is 7.31. The van der Waals surface area contributed by atoms with Gasteiger partial charge in [-0.15, -0.1) is 0 Å². The summed E-state index contributed by atoms with van der Waals surface area (Å²) in [5, 5.41) is 10.5. The van der Waals surface area contributed by atoms with Gasteiger partial charge in [0.1, 0.15) is 17.5 Å². The van der Waals surface area contributed by atoms with Gasteiger partial charge in [0.2, 0.25) is 10.0 Å². The van der Waals surface area contributed by atoms with Crippen LogP contribution < -0.4 is 10.0 Å². The maximum absolute atomic E-state index is 12.7. The van der Waals surface area contributed by atoms with Crippen molar-refractivity contribution < 1.29 is 42.2 Å². The van der Waals surface area contributed by atoms with E-state index in [4.69, 9.17) is 37.8 Å². The second-order valence-electron chi connectivity index (χ2n) is 7.88. The van der Waals surface area contributed by atoms with Gasteiger partial charge in [-0.05, 0) is 24.1 Å². The highest BCUT2D eigenvalue weighted by Gasteiger charge is 2.29. The van der Waals surface area contributed by atoms with Gasteiger partial charge in [-0.3, -0.25) is 9.59 Å². The van der Waals surface area contributed by atoms with Crippen LogP contribution in [0.1, 0.15) is 42.1 Å². The average molecular weight is 589 g/mol. The topological polar surface area (TPSA) is 165 Å². The van der Waals surface area contributed by atoms with E-state index in [-0.39, 0.29) is 18.2 Å². The summed E-state index contributed by atoms with van der Waals surface area (Å²) < 4.78 is 37.4. The molecule has 2 aromatic rings. The number of unbranched alkanes of at least 4 members (excludes halogenated alkanes) is 1. The molecule has 3 N–H and O–H groups in total. The fourth-order valence-electron chi connectivity index (χ4n) is 3.03. The van der Waals surface area contributed by atoms with E-state index in [0.717, 1.165) is 18.6 Å². The molecule has 2 rings (SSSR count). The van der Waals surface area contributed by atoms with Crippen molar-refractivity contribution in [3.8, 4) is 0 Å².